The molecular formula is C30H31N3O4. The van der Waals surface area contributed by atoms with Gasteiger partial charge >= 0.3 is 6.09 Å². The number of hydrogen-bond acceptors (Lipinski definition) is 4. The third-order valence-corrected chi connectivity index (χ3v) is 6.24. The van der Waals surface area contributed by atoms with Crippen molar-refractivity contribution in [1.82, 2.24) is 14.4 Å². The molecule has 0 atom stereocenters. The van der Waals surface area contributed by atoms with Crippen molar-refractivity contribution in [3.8, 4) is 17.3 Å². The summed E-state index contributed by atoms with van der Waals surface area (Å²) >= 11 is 0. The highest BCUT2D eigenvalue weighted by atomic mass is 16.6. The third kappa shape index (κ3) is 5.16. The molecule has 1 saturated heterocycles. The number of carbonyl (C=O) groups excluding carboxylic acids is 2. The molecule has 7 nitrogen and oxygen atoms in total. The van der Waals surface area contributed by atoms with Crippen molar-refractivity contribution in [2.45, 2.75) is 26.4 Å². The van der Waals surface area contributed by atoms with Crippen molar-refractivity contribution in [3.05, 3.63) is 90.5 Å². The van der Waals surface area contributed by atoms with Crippen LogP contribution in [0.2, 0.25) is 0 Å². The number of fused-ring (bicyclic) bond motifs is 1. The predicted octanol–water partition coefficient (Wildman–Crippen LogP) is 6.12. The molecule has 3 aromatic carbocycles. The summed E-state index contributed by atoms with van der Waals surface area (Å²) in [6.45, 7) is 7.19. The Morgan fingerprint density at radius 2 is 1.30 bits per heavy atom. The number of aromatic nitrogens is 1. The van der Waals surface area contributed by atoms with E-state index in [0.29, 0.717) is 43.4 Å². The fourth-order valence-corrected chi connectivity index (χ4v) is 4.53. The number of carbonyl (C=O) groups is 2. The summed E-state index contributed by atoms with van der Waals surface area (Å²) < 4.78 is 13.9. The predicted molar refractivity (Wildman–Crippen MR) is 144 cm³/mol. The zero-order valence-corrected chi connectivity index (χ0v) is 21.4. The van der Waals surface area contributed by atoms with Crippen molar-refractivity contribution < 1.29 is 19.1 Å². The van der Waals surface area contributed by atoms with Gasteiger partial charge in [-0.2, -0.15) is 0 Å². The molecule has 0 spiro atoms. The van der Waals surface area contributed by atoms with Crippen LogP contribution in [0.4, 0.5) is 4.79 Å². The highest BCUT2D eigenvalue weighted by Crippen LogP contribution is 2.38. The van der Waals surface area contributed by atoms with Crippen LogP contribution in [0.1, 0.15) is 31.1 Å². The summed E-state index contributed by atoms with van der Waals surface area (Å²) in [6, 6.07) is 27.2. The zero-order valence-electron chi connectivity index (χ0n) is 21.4. The van der Waals surface area contributed by atoms with Crippen LogP contribution in [-0.2, 0) is 4.74 Å². The first-order valence-electron chi connectivity index (χ1n) is 12.5. The SMILES string of the molecule is CC(C)(C)OC(=O)N1CCN(C(=O)c2c(Oc3ccccc3)n(-c3ccccc3)c3ccccc23)CC1. The number of para-hydroxylation sites is 3. The molecule has 1 aliphatic rings. The van der Waals surface area contributed by atoms with E-state index in [9.17, 15) is 9.59 Å². The van der Waals surface area contributed by atoms with E-state index in [1.807, 2.05) is 110 Å². The molecule has 0 bridgehead atoms. The molecule has 1 fully saturated rings. The molecule has 0 unspecified atom stereocenters. The van der Waals surface area contributed by atoms with Crippen molar-refractivity contribution in [3.63, 3.8) is 0 Å². The number of nitrogens with zero attached hydrogens (tertiary/aromatic N) is 3. The van der Waals surface area contributed by atoms with Gasteiger partial charge in [0.2, 0.25) is 5.88 Å². The van der Waals surface area contributed by atoms with Crippen molar-refractivity contribution in [2.24, 2.45) is 0 Å². The molecule has 37 heavy (non-hydrogen) atoms. The lowest BCUT2D eigenvalue weighted by atomic mass is 10.1. The molecular weight excluding hydrogens is 466 g/mol. The molecule has 7 heteroatoms. The van der Waals surface area contributed by atoms with Crippen molar-refractivity contribution in [1.29, 1.82) is 0 Å². The molecule has 2 heterocycles. The maximum absolute atomic E-state index is 14.1. The molecule has 0 aliphatic carbocycles. The van der Waals surface area contributed by atoms with Crippen LogP contribution in [0.3, 0.4) is 0 Å². The van der Waals surface area contributed by atoms with E-state index in [2.05, 4.69) is 0 Å². The number of piperazine rings is 1. The molecule has 0 radical (unpaired) electrons. The average Bonchev–Trinajstić information content (AvgIpc) is 3.22. The van der Waals surface area contributed by atoms with E-state index < -0.39 is 5.60 Å². The Balaban J connectivity index is 1.52. The molecule has 1 aromatic heterocycles. The van der Waals surface area contributed by atoms with Crippen LogP contribution in [0.15, 0.2) is 84.9 Å². The number of ether oxygens (including phenoxy) is 2. The number of hydrogen-bond donors (Lipinski definition) is 0. The normalized spacial score (nSPS) is 14.0. The molecule has 0 N–H and O–H groups in total. The summed E-state index contributed by atoms with van der Waals surface area (Å²) in [5.41, 5.74) is 1.73. The van der Waals surface area contributed by atoms with Gasteiger partial charge in [-0.3, -0.25) is 9.36 Å². The first kappa shape index (κ1) is 24.4. The van der Waals surface area contributed by atoms with Crippen LogP contribution in [0, 0.1) is 0 Å². The van der Waals surface area contributed by atoms with Gasteiger partial charge in [-0.15, -0.1) is 0 Å². The van der Waals surface area contributed by atoms with E-state index in [4.69, 9.17) is 9.47 Å². The quantitative estimate of drug-likeness (QED) is 0.341. The molecule has 190 valence electrons. The highest BCUT2D eigenvalue weighted by Gasteiger charge is 2.32. The van der Waals surface area contributed by atoms with E-state index in [0.717, 1.165) is 16.6 Å². The minimum atomic E-state index is -0.563. The summed E-state index contributed by atoms with van der Waals surface area (Å²) in [6.07, 6.45) is -0.353. The number of benzene rings is 3. The summed E-state index contributed by atoms with van der Waals surface area (Å²) in [4.78, 5) is 30.0. The second kappa shape index (κ2) is 10.0. The minimum absolute atomic E-state index is 0.124. The first-order chi connectivity index (χ1) is 17.8. The van der Waals surface area contributed by atoms with Crippen LogP contribution < -0.4 is 4.74 Å². The largest absolute Gasteiger partial charge is 0.444 e. The molecule has 5 rings (SSSR count). The Morgan fingerprint density at radius 3 is 1.95 bits per heavy atom. The first-order valence-corrected chi connectivity index (χ1v) is 12.5. The second-order valence-corrected chi connectivity index (χ2v) is 10.0. The van der Waals surface area contributed by atoms with Crippen molar-refractivity contribution in [2.75, 3.05) is 26.2 Å². The monoisotopic (exact) mass is 497 g/mol. The van der Waals surface area contributed by atoms with E-state index in [1.165, 1.54) is 0 Å². The number of amides is 2. The maximum atomic E-state index is 14.1. The van der Waals surface area contributed by atoms with E-state index >= 15 is 0 Å². The lowest BCUT2D eigenvalue weighted by molar-refractivity contribution is 0.0140. The average molecular weight is 498 g/mol. The lowest BCUT2D eigenvalue weighted by Gasteiger charge is -2.35. The summed E-state index contributed by atoms with van der Waals surface area (Å²) in [7, 11) is 0. The van der Waals surface area contributed by atoms with Crippen LogP contribution in [-0.4, -0.2) is 58.1 Å². The van der Waals surface area contributed by atoms with Gasteiger partial charge in [0.15, 0.2) is 0 Å². The maximum Gasteiger partial charge on any atom is 0.410 e. The van der Waals surface area contributed by atoms with Crippen LogP contribution >= 0.6 is 0 Å². The van der Waals surface area contributed by atoms with Gasteiger partial charge in [0.1, 0.15) is 16.9 Å². The lowest BCUT2D eigenvalue weighted by Crippen LogP contribution is -2.51. The molecule has 4 aromatic rings. The summed E-state index contributed by atoms with van der Waals surface area (Å²) in [5, 5.41) is 0.817. The number of rotatable bonds is 4. The highest BCUT2D eigenvalue weighted by molar-refractivity contribution is 6.10. The van der Waals surface area contributed by atoms with Gasteiger partial charge in [0.05, 0.1) is 5.52 Å². The Labute approximate surface area is 216 Å². The van der Waals surface area contributed by atoms with Gasteiger partial charge in [-0.25, -0.2) is 4.79 Å². The van der Waals surface area contributed by atoms with Crippen LogP contribution in [0.5, 0.6) is 11.6 Å². The fourth-order valence-electron chi connectivity index (χ4n) is 4.53. The Kier molecular flexibility index (Phi) is 6.61. The molecule has 1 aliphatic heterocycles. The Morgan fingerprint density at radius 1 is 0.730 bits per heavy atom. The van der Waals surface area contributed by atoms with Gasteiger partial charge in [0.25, 0.3) is 5.91 Å². The van der Waals surface area contributed by atoms with Gasteiger partial charge in [-0.1, -0.05) is 54.6 Å². The standard InChI is InChI=1S/C30H31N3O4/c1-30(2,3)37-29(35)32-20-18-31(19-21-32)27(34)26-24-16-10-11-17-25(24)33(22-12-6-4-7-13-22)28(26)36-23-14-8-5-9-15-23/h4-17H,18-21H2,1-3H3. The zero-order chi connectivity index (χ0) is 26.0. The summed E-state index contributed by atoms with van der Waals surface area (Å²) in [5.74, 6) is 0.991. The van der Waals surface area contributed by atoms with E-state index in [-0.39, 0.29) is 12.0 Å². The molecule has 2 amide bonds. The second-order valence-electron chi connectivity index (χ2n) is 10.0. The van der Waals surface area contributed by atoms with Crippen LogP contribution in [0.25, 0.3) is 16.6 Å². The fraction of sp³-hybridized carbons (Fsp3) is 0.267. The van der Waals surface area contributed by atoms with Gasteiger partial charge in [-0.05, 0) is 51.1 Å². The van der Waals surface area contributed by atoms with Gasteiger partial charge < -0.3 is 19.3 Å². The third-order valence-electron chi connectivity index (χ3n) is 6.24. The smallest absolute Gasteiger partial charge is 0.410 e. The minimum Gasteiger partial charge on any atom is -0.444 e. The van der Waals surface area contributed by atoms with Gasteiger partial charge in [0, 0.05) is 37.3 Å². The van der Waals surface area contributed by atoms with Crippen molar-refractivity contribution >= 4 is 22.9 Å². The Bertz CT molecular complexity index is 1400. The topological polar surface area (TPSA) is 64.0 Å². The molecule has 0 saturated carbocycles. The van der Waals surface area contributed by atoms with E-state index in [1.54, 1.807) is 9.80 Å². The Hall–Kier alpha value is -4.26.